The van der Waals surface area contributed by atoms with Gasteiger partial charge in [-0.05, 0) is 31.2 Å². The van der Waals surface area contributed by atoms with Crippen molar-refractivity contribution in [3.8, 4) is 0 Å². The number of carbonyl (C=O) groups is 2. The summed E-state index contributed by atoms with van der Waals surface area (Å²) < 4.78 is 18.9. The van der Waals surface area contributed by atoms with Crippen molar-refractivity contribution in [3.63, 3.8) is 0 Å². The number of hydrogen-bond acceptors (Lipinski definition) is 4. The number of halogens is 1. The van der Waals surface area contributed by atoms with Gasteiger partial charge < -0.3 is 9.84 Å². The number of benzene rings is 1. The Balaban J connectivity index is 1.80. The molecule has 4 rings (SSSR count). The van der Waals surface area contributed by atoms with Crippen molar-refractivity contribution in [1.82, 2.24) is 0 Å². The lowest BCUT2D eigenvalue weighted by molar-refractivity contribution is -0.131. The van der Waals surface area contributed by atoms with Gasteiger partial charge in [0.25, 0.3) is 0 Å². The molecule has 114 valence electrons. The zero-order chi connectivity index (χ0) is 15.7. The Hall–Kier alpha value is -2.05. The van der Waals surface area contributed by atoms with Crippen LogP contribution in [0.4, 0.5) is 10.1 Å². The topological polar surface area (TPSA) is 66.8 Å². The number of nitrogens with zero attached hydrogens (tertiary/aromatic N) is 1. The van der Waals surface area contributed by atoms with E-state index in [4.69, 9.17) is 4.74 Å². The molecule has 5 nitrogen and oxygen atoms in total. The second-order valence-electron chi connectivity index (χ2n) is 6.18. The first kappa shape index (κ1) is 13.6. The number of imide groups is 1. The molecule has 0 aromatic heterocycles. The quantitative estimate of drug-likeness (QED) is 0.654. The molecule has 3 aliphatic heterocycles. The summed E-state index contributed by atoms with van der Waals surface area (Å²) in [5, 5.41) is 9.69. The van der Waals surface area contributed by atoms with Gasteiger partial charge in [0.15, 0.2) is 0 Å². The summed E-state index contributed by atoms with van der Waals surface area (Å²) in [6, 6.07) is 5.21. The number of carbonyl (C=O) groups excluding carboxylic acids is 2. The van der Waals surface area contributed by atoms with E-state index in [1.165, 1.54) is 24.3 Å². The number of fused-ring (bicyclic) bond motifs is 5. The molecule has 1 aromatic carbocycles. The third-order valence-electron chi connectivity index (χ3n) is 4.89. The predicted molar refractivity (Wildman–Crippen MR) is 74.3 cm³/mol. The highest BCUT2D eigenvalue weighted by molar-refractivity contribution is 6.23. The molecule has 0 unspecified atom stereocenters. The summed E-state index contributed by atoms with van der Waals surface area (Å²) in [5.41, 5.74) is -1.70. The Labute approximate surface area is 126 Å². The zero-order valence-electron chi connectivity index (χ0n) is 11.8. The number of amides is 2. The van der Waals surface area contributed by atoms with Crippen LogP contribution < -0.4 is 4.90 Å². The van der Waals surface area contributed by atoms with Gasteiger partial charge >= 0.3 is 0 Å². The van der Waals surface area contributed by atoms with Crippen LogP contribution in [0.25, 0.3) is 0 Å². The van der Waals surface area contributed by atoms with Crippen molar-refractivity contribution in [2.24, 2.45) is 11.8 Å². The molecule has 1 aromatic rings. The lowest BCUT2D eigenvalue weighted by atomic mass is 9.73. The molecule has 2 amide bonds. The monoisotopic (exact) mass is 303 g/mol. The summed E-state index contributed by atoms with van der Waals surface area (Å²) in [7, 11) is 0. The van der Waals surface area contributed by atoms with E-state index in [9.17, 15) is 19.1 Å². The maximum absolute atomic E-state index is 13.1. The molecule has 2 fully saturated rings. The molecule has 1 N–H and O–H groups in total. The first-order chi connectivity index (χ1) is 10.4. The molecular weight excluding hydrogens is 289 g/mol. The van der Waals surface area contributed by atoms with Gasteiger partial charge in [-0.1, -0.05) is 12.2 Å². The molecule has 0 radical (unpaired) electrons. The Morgan fingerprint density at radius 3 is 2.45 bits per heavy atom. The molecule has 6 heteroatoms. The lowest BCUT2D eigenvalue weighted by Crippen LogP contribution is -2.43. The third-order valence-corrected chi connectivity index (χ3v) is 4.89. The van der Waals surface area contributed by atoms with Crippen molar-refractivity contribution in [2.75, 3.05) is 11.5 Å². The number of anilines is 1. The first-order valence-corrected chi connectivity index (χ1v) is 7.07. The van der Waals surface area contributed by atoms with E-state index in [1.807, 2.05) is 0 Å². The smallest absolute Gasteiger partial charge is 0.241 e. The van der Waals surface area contributed by atoms with Gasteiger partial charge in [0, 0.05) is 0 Å². The molecule has 0 spiro atoms. The van der Waals surface area contributed by atoms with E-state index in [0.717, 1.165) is 4.90 Å². The van der Waals surface area contributed by atoms with Gasteiger partial charge in [-0.25, -0.2) is 9.29 Å². The Morgan fingerprint density at radius 2 is 1.82 bits per heavy atom. The first-order valence-electron chi connectivity index (χ1n) is 7.07. The van der Waals surface area contributed by atoms with E-state index in [1.54, 1.807) is 19.1 Å². The third kappa shape index (κ3) is 1.43. The van der Waals surface area contributed by atoms with Gasteiger partial charge in [0.1, 0.15) is 11.4 Å². The van der Waals surface area contributed by atoms with Crippen LogP contribution in [0.1, 0.15) is 6.92 Å². The van der Waals surface area contributed by atoms with Gasteiger partial charge in [0.05, 0.1) is 29.7 Å². The molecule has 22 heavy (non-hydrogen) atoms. The summed E-state index contributed by atoms with van der Waals surface area (Å²) >= 11 is 0. The minimum Gasteiger partial charge on any atom is -0.393 e. The normalized spacial score (nSPS) is 39.0. The molecule has 2 bridgehead atoms. The van der Waals surface area contributed by atoms with Crippen molar-refractivity contribution in [1.29, 1.82) is 0 Å². The summed E-state index contributed by atoms with van der Waals surface area (Å²) in [5.74, 6) is -2.63. The van der Waals surface area contributed by atoms with Crippen LogP contribution in [-0.2, 0) is 14.3 Å². The summed E-state index contributed by atoms with van der Waals surface area (Å²) in [6.45, 7) is 1.38. The molecule has 3 heterocycles. The maximum Gasteiger partial charge on any atom is 0.241 e. The highest BCUT2D eigenvalue weighted by Gasteiger charge is 2.72. The van der Waals surface area contributed by atoms with E-state index in [-0.39, 0.29) is 12.5 Å². The predicted octanol–water partition coefficient (Wildman–Crippen LogP) is 1.02. The minimum atomic E-state index is -1.14. The summed E-state index contributed by atoms with van der Waals surface area (Å²) in [4.78, 5) is 26.6. The van der Waals surface area contributed by atoms with Crippen molar-refractivity contribution >= 4 is 17.5 Å². The van der Waals surface area contributed by atoms with Crippen LogP contribution in [0.3, 0.4) is 0 Å². The van der Waals surface area contributed by atoms with Crippen LogP contribution in [0.5, 0.6) is 0 Å². The highest BCUT2D eigenvalue weighted by atomic mass is 19.1. The van der Waals surface area contributed by atoms with Crippen LogP contribution in [0, 0.1) is 17.7 Å². The summed E-state index contributed by atoms with van der Waals surface area (Å²) in [6.07, 6.45) is 3.41. The standard InChI is InChI=1S/C16H14FNO4/c1-15-6-7-16(8-19,22-15)12-11(15)13(20)18(14(12)21)10-4-2-9(17)3-5-10/h2-7,11-12,19H,8H2,1H3/t11-,12+,15+,16+/m1/s1. The SMILES string of the molecule is C[C@@]12C=C[C@@](CO)(O1)[C@@H]1C(=O)N(c3ccc(F)cc3)C(=O)[C@@H]12. The second kappa shape index (κ2) is 4.02. The Kier molecular flexibility index (Phi) is 2.49. The fourth-order valence-electron chi connectivity index (χ4n) is 3.89. The van der Waals surface area contributed by atoms with E-state index < -0.39 is 34.8 Å². The average Bonchev–Trinajstić information content (AvgIpc) is 3.07. The second-order valence-corrected chi connectivity index (χ2v) is 6.18. The van der Waals surface area contributed by atoms with Crippen LogP contribution in [-0.4, -0.2) is 34.7 Å². The number of rotatable bonds is 2. The van der Waals surface area contributed by atoms with E-state index in [2.05, 4.69) is 0 Å². The van der Waals surface area contributed by atoms with Crippen LogP contribution in [0.15, 0.2) is 36.4 Å². The molecule has 0 aliphatic carbocycles. The van der Waals surface area contributed by atoms with Crippen molar-refractivity contribution in [2.45, 2.75) is 18.1 Å². The van der Waals surface area contributed by atoms with E-state index >= 15 is 0 Å². The Morgan fingerprint density at radius 1 is 1.18 bits per heavy atom. The maximum atomic E-state index is 13.1. The Bertz CT molecular complexity index is 715. The largest absolute Gasteiger partial charge is 0.393 e. The van der Waals surface area contributed by atoms with E-state index in [0.29, 0.717) is 5.69 Å². The minimum absolute atomic E-state index is 0.335. The number of aliphatic hydroxyl groups excluding tert-OH is 1. The number of aliphatic hydroxyl groups is 1. The number of ether oxygens (including phenoxy) is 1. The molecule has 3 aliphatic rings. The van der Waals surface area contributed by atoms with Gasteiger partial charge in [-0.2, -0.15) is 0 Å². The number of hydrogen-bond donors (Lipinski definition) is 1. The lowest BCUT2D eigenvalue weighted by Gasteiger charge is -2.26. The molecule has 0 saturated carbocycles. The fraction of sp³-hybridized carbons (Fsp3) is 0.375. The molecule has 4 atom stereocenters. The molecule has 2 saturated heterocycles. The van der Waals surface area contributed by atoms with Crippen LogP contribution >= 0.6 is 0 Å². The van der Waals surface area contributed by atoms with Crippen molar-refractivity contribution in [3.05, 3.63) is 42.2 Å². The van der Waals surface area contributed by atoms with Gasteiger partial charge in [-0.3, -0.25) is 9.59 Å². The highest BCUT2D eigenvalue weighted by Crippen LogP contribution is 2.57. The van der Waals surface area contributed by atoms with Crippen LogP contribution in [0.2, 0.25) is 0 Å². The molecular formula is C16H14FNO4. The van der Waals surface area contributed by atoms with Crippen molar-refractivity contribution < 1.29 is 23.8 Å². The fourth-order valence-corrected chi connectivity index (χ4v) is 3.89. The zero-order valence-corrected chi connectivity index (χ0v) is 11.8. The average molecular weight is 303 g/mol. The van der Waals surface area contributed by atoms with Gasteiger partial charge in [0.2, 0.25) is 11.8 Å². The van der Waals surface area contributed by atoms with Gasteiger partial charge in [-0.15, -0.1) is 0 Å².